The van der Waals surface area contributed by atoms with E-state index < -0.39 is 0 Å². The largest absolute Gasteiger partial charge is 0.388 e. The first-order valence-electron chi connectivity index (χ1n) is 8.20. The number of benzene rings is 2. The molecule has 0 radical (unpaired) electrons. The van der Waals surface area contributed by atoms with Gasteiger partial charge in [0.1, 0.15) is 0 Å². The summed E-state index contributed by atoms with van der Waals surface area (Å²) in [6, 6.07) is 16.4. The van der Waals surface area contributed by atoms with Gasteiger partial charge in [0.15, 0.2) is 5.78 Å². The van der Waals surface area contributed by atoms with E-state index in [4.69, 9.17) is 0 Å². The zero-order valence-corrected chi connectivity index (χ0v) is 13.1. The second-order valence-electron chi connectivity index (χ2n) is 6.10. The third-order valence-corrected chi connectivity index (χ3v) is 4.65. The van der Waals surface area contributed by atoms with Gasteiger partial charge in [0.05, 0.1) is 0 Å². The molecule has 0 heterocycles. The van der Waals surface area contributed by atoms with Crippen LogP contribution < -0.4 is 5.32 Å². The highest BCUT2D eigenvalue weighted by Crippen LogP contribution is 2.28. The first kappa shape index (κ1) is 14.8. The van der Waals surface area contributed by atoms with Crippen LogP contribution in [0.3, 0.4) is 0 Å². The minimum atomic E-state index is 0.245. The molecule has 0 amide bonds. The molecule has 2 aromatic carbocycles. The molecule has 0 atom stereocenters. The van der Waals surface area contributed by atoms with E-state index in [9.17, 15) is 4.79 Å². The predicted molar refractivity (Wildman–Crippen MR) is 92.3 cm³/mol. The van der Waals surface area contributed by atoms with E-state index in [0.29, 0.717) is 5.78 Å². The maximum Gasteiger partial charge on any atom is 0.165 e. The van der Waals surface area contributed by atoms with Crippen LogP contribution >= 0.6 is 0 Å². The molecule has 0 unspecified atom stereocenters. The number of ketones is 1. The summed E-state index contributed by atoms with van der Waals surface area (Å²) in [5.41, 5.74) is 4.30. The molecule has 2 nitrogen and oxygen atoms in total. The minimum absolute atomic E-state index is 0.245. The first-order chi connectivity index (χ1) is 10.8. The monoisotopic (exact) mass is 293 g/mol. The van der Waals surface area contributed by atoms with Crippen LogP contribution in [0.25, 0.3) is 11.1 Å². The molecule has 1 saturated carbocycles. The van der Waals surface area contributed by atoms with Crippen LogP contribution in [0.4, 0.5) is 5.69 Å². The van der Waals surface area contributed by atoms with Gasteiger partial charge in [-0.3, -0.25) is 4.79 Å². The van der Waals surface area contributed by atoms with Gasteiger partial charge in [0, 0.05) is 24.2 Å². The Bertz CT molecular complexity index is 622. The summed E-state index contributed by atoms with van der Waals surface area (Å²) >= 11 is 0. The molecular weight excluding hydrogens is 270 g/mol. The number of nitrogens with one attached hydrogen (secondary N) is 1. The quantitative estimate of drug-likeness (QED) is 0.789. The van der Waals surface area contributed by atoms with E-state index in [0.717, 1.165) is 29.7 Å². The summed E-state index contributed by atoms with van der Waals surface area (Å²) in [4.78, 5) is 12.5. The molecule has 114 valence electrons. The van der Waals surface area contributed by atoms with E-state index in [1.807, 2.05) is 19.2 Å². The average Bonchev–Trinajstić information content (AvgIpc) is 2.62. The maximum atomic E-state index is 12.5. The van der Waals surface area contributed by atoms with Crippen LogP contribution in [0.15, 0.2) is 48.5 Å². The third kappa shape index (κ3) is 3.22. The number of anilines is 1. The van der Waals surface area contributed by atoms with E-state index in [-0.39, 0.29) is 5.92 Å². The van der Waals surface area contributed by atoms with Gasteiger partial charge in [0.2, 0.25) is 0 Å². The van der Waals surface area contributed by atoms with Gasteiger partial charge in [0.25, 0.3) is 0 Å². The highest BCUT2D eigenvalue weighted by molar-refractivity contribution is 5.98. The number of carbonyl (C=O) groups is 1. The Morgan fingerprint density at radius 2 is 1.41 bits per heavy atom. The molecule has 1 N–H and O–H groups in total. The Balaban J connectivity index is 1.75. The maximum absolute atomic E-state index is 12.5. The molecule has 0 aliphatic heterocycles. The van der Waals surface area contributed by atoms with Crippen molar-refractivity contribution in [3.63, 3.8) is 0 Å². The molecular formula is C20H23NO. The predicted octanol–water partition coefficient (Wildman–Crippen LogP) is 5.16. The van der Waals surface area contributed by atoms with Crippen LogP contribution in [-0.2, 0) is 0 Å². The molecule has 0 bridgehead atoms. The van der Waals surface area contributed by atoms with Gasteiger partial charge >= 0.3 is 0 Å². The molecule has 0 spiro atoms. The summed E-state index contributed by atoms with van der Waals surface area (Å²) in [5, 5.41) is 3.12. The van der Waals surface area contributed by atoms with Crippen molar-refractivity contribution in [3.8, 4) is 11.1 Å². The highest BCUT2D eigenvalue weighted by atomic mass is 16.1. The Hall–Kier alpha value is -2.09. The van der Waals surface area contributed by atoms with Crippen LogP contribution in [0, 0.1) is 5.92 Å². The van der Waals surface area contributed by atoms with E-state index in [1.165, 1.54) is 24.8 Å². The normalized spacial score (nSPS) is 15.5. The second-order valence-corrected chi connectivity index (χ2v) is 6.10. The fraction of sp³-hybridized carbons (Fsp3) is 0.350. The average molecular weight is 293 g/mol. The molecule has 3 rings (SSSR count). The zero-order valence-electron chi connectivity index (χ0n) is 13.1. The van der Waals surface area contributed by atoms with Crippen LogP contribution in [-0.4, -0.2) is 12.8 Å². The standard InChI is InChI=1S/C20H23NO/c1-21-19-13-11-16(12-14-19)15-7-9-18(10-8-15)20(22)17-5-3-2-4-6-17/h7-14,17,21H,2-6H2,1H3. The fourth-order valence-electron chi connectivity index (χ4n) is 3.26. The topological polar surface area (TPSA) is 29.1 Å². The fourth-order valence-corrected chi connectivity index (χ4v) is 3.26. The molecule has 0 aromatic heterocycles. The van der Waals surface area contributed by atoms with E-state index in [2.05, 4.69) is 41.7 Å². The van der Waals surface area contributed by atoms with Crippen LogP contribution in [0.5, 0.6) is 0 Å². The van der Waals surface area contributed by atoms with Crippen molar-refractivity contribution in [3.05, 3.63) is 54.1 Å². The lowest BCUT2D eigenvalue weighted by molar-refractivity contribution is 0.0889. The Labute approximate surface area is 132 Å². The van der Waals surface area contributed by atoms with Crippen LogP contribution in [0.1, 0.15) is 42.5 Å². The van der Waals surface area contributed by atoms with E-state index in [1.54, 1.807) is 0 Å². The van der Waals surface area contributed by atoms with Gasteiger partial charge in [-0.15, -0.1) is 0 Å². The summed E-state index contributed by atoms with van der Waals surface area (Å²) in [6.45, 7) is 0. The van der Waals surface area contributed by atoms with Crippen LogP contribution in [0.2, 0.25) is 0 Å². The lowest BCUT2D eigenvalue weighted by atomic mass is 9.83. The number of rotatable bonds is 4. The molecule has 2 heteroatoms. The van der Waals surface area contributed by atoms with Crippen molar-refractivity contribution in [2.75, 3.05) is 12.4 Å². The van der Waals surface area contributed by atoms with Gasteiger partial charge in [-0.25, -0.2) is 0 Å². The lowest BCUT2D eigenvalue weighted by Crippen LogP contribution is -2.17. The Morgan fingerprint density at radius 1 is 0.864 bits per heavy atom. The number of hydrogen-bond donors (Lipinski definition) is 1. The number of carbonyl (C=O) groups excluding carboxylic acids is 1. The summed E-state index contributed by atoms with van der Waals surface area (Å²) in [5.74, 6) is 0.575. The van der Waals surface area contributed by atoms with Crippen molar-refractivity contribution in [1.29, 1.82) is 0 Å². The van der Waals surface area contributed by atoms with Gasteiger partial charge in [-0.1, -0.05) is 55.7 Å². The molecule has 2 aromatic rings. The molecule has 1 aliphatic rings. The van der Waals surface area contributed by atoms with Crippen molar-refractivity contribution in [2.45, 2.75) is 32.1 Å². The van der Waals surface area contributed by atoms with Gasteiger partial charge < -0.3 is 5.32 Å². The van der Waals surface area contributed by atoms with Crippen molar-refractivity contribution in [2.24, 2.45) is 5.92 Å². The highest BCUT2D eigenvalue weighted by Gasteiger charge is 2.22. The molecule has 0 saturated heterocycles. The summed E-state index contributed by atoms with van der Waals surface area (Å²) in [7, 11) is 1.92. The molecule has 1 fully saturated rings. The van der Waals surface area contributed by atoms with Gasteiger partial charge in [-0.05, 0) is 36.1 Å². The smallest absolute Gasteiger partial charge is 0.165 e. The van der Waals surface area contributed by atoms with Crippen molar-refractivity contribution >= 4 is 11.5 Å². The summed E-state index contributed by atoms with van der Waals surface area (Å²) < 4.78 is 0. The Kier molecular flexibility index (Phi) is 4.57. The SMILES string of the molecule is CNc1ccc(-c2ccc(C(=O)C3CCCCC3)cc2)cc1. The third-order valence-electron chi connectivity index (χ3n) is 4.65. The van der Waals surface area contributed by atoms with Crippen molar-refractivity contribution in [1.82, 2.24) is 0 Å². The molecule has 1 aliphatic carbocycles. The number of Topliss-reactive ketones (excluding diaryl/α,β-unsaturated/α-hetero) is 1. The van der Waals surface area contributed by atoms with E-state index >= 15 is 0 Å². The second kappa shape index (κ2) is 6.78. The molecule has 22 heavy (non-hydrogen) atoms. The van der Waals surface area contributed by atoms with Crippen molar-refractivity contribution < 1.29 is 4.79 Å². The first-order valence-corrected chi connectivity index (χ1v) is 8.20. The zero-order chi connectivity index (χ0) is 15.4. The van der Waals surface area contributed by atoms with Gasteiger partial charge in [-0.2, -0.15) is 0 Å². The lowest BCUT2D eigenvalue weighted by Gasteiger charge is -2.20. The number of hydrogen-bond acceptors (Lipinski definition) is 2. The Morgan fingerprint density at radius 3 is 1.95 bits per heavy atom. The summed E-state index contributed by atoms with van der Waals surface area (Å²) in [6.07, 6.45) is 5.81. The minimum Gasteiger partial charge on any atom is -0.388 e.